The Balaban J connectivity index is 0. The first-order valence-electron chi connectivity index (χ1n) is 1.65. The molecule has 5 heteroatoms. The summed E-state index contributed by atoms with van der Waals surface area (Å²) in [6, 6.07) is 0. The Morgan fingerprint density at radius 3 is 1.88 bits per heavy atom. The zero-order valence-electron chi connectivity index (χ0n) is 4.79. The van der Waals surface area contributed by atoms with Gasteiger partial charge in [0.05, 0.1) is 0 Å². The number of hydrogen-bond donors (Lipinski definition) is 0. The summed E-state index contributed by atoms with van der Waals surface area (Å²) in [6.07, 6.45) is 1.18. The van der Waals surface area contributed by atoms with Gasteiger partial charge in [-0.3, -0.25) is 0 Å². The molecule has 0 saturated carbocycles. The maximum atomic E-state index is 9.59. The largest absolute Gasteiger partial charge is 1.00 e. The van der Waals surface area contributed by atoms with Crippen molar-refractivity contribution in [3.05, 3.63) is 11.5 Å². The molecule has 0 N–H and O–H groups in total. The van der Waals surface area contributed by atoms with Gasteiger partial charge in [0.2, 0.25) is 0 Å². The molecule has 0 atom stereocenters. The predicted molar refractivity (Wildman–Crippen MR) is 24.5 cm³/mol. The zero-order valence-corrected chi connectivity index (χ0v) is 8.73. The second-order valence-electron chi connectivity index (χ2n) is 0.962. The van der Waals surface area contributed by atoms with E-state index in [0.717, 1.165) is 0 Å². The standard InChI is InChI=1S/C3H6O3S.K/c1-2-3-7(4,5)6;/h2-3H,1H3,(H,4,5,6);/q;+1/p-1/b3-2-;. The van der Waals surface area contributed by atoms with E-state index in [1.165, 1.54) is 13.0 Å². The quantitative estimate of drug-likeness (QED) is 0.305. The average molecular weight is 160 g/mol. The van der Waals surface area contributed by atoms with E-state index >= 15 is 0 Å². The van der Waals surface area contributed by atoms with E-state index in [1.807, 2.05) is 0 Å². The molecule has 0 aromatic heterocycles. The van der Waals surface area contributed by atoms with Crippen molar-refractivity contribution in [2.75, 3.05) is 0 Å². The third-order valence-corrected chi connectivity index (χ3v) is 0.908. The molecule has 0 rings (SSSR count). The van der Waals surface area contributed by atoms with Crippen LogP contribution < -0.4 is 51.4 Å². The van der Waals surface area contributed by atoms with Gasteiger partial charge in [-0.2, -0.15) is 0 Å². The molecule has 8 heavy (non-hydrogen) atoms. The summed E-state index contributed by atoms with van der Waals surface area (Å²) in [5.41, 5.74) is 0. The molecule has 0 amide bonds. The van der Waals surface area contributed by atoms with Crippen LogP contribution in [0.3, 0.4) is 0 Å². The van der Waals surface area contributed by atoms with Gasteiger partial charge in [-0.15, -0.1) is 0 Å². The summed E-state index contributed by atoms with van der Waals surface area (Å²) in [4.78, 5) is 0. The van der Waals surface area contributed by atoms with Gasteiger partial charge in [-0.25, -0.2) is 8.42 Å². The van der Waals surface area contributed by atoms with Gasteiger partial charge in [0.15, 0.2) is 0 Å². The Kier molecular flexibility index (Phi) is 7.66. The smallest absolute Gasteiger partial charge is 0.744 e. The second-order valence-corrected chi connectivity index (χ2v) is 2.22. The molecule has 3 nitrogen and oxygen atoms in total. The van der Waals surface area contributed by atoms with Crippen molar-refractivity contribution in [2.45, 2.75) is 6.92 Å². The molecule has 0 aliphatic carbocycles. The van der Waals surface area contributed by atoms with Crippen LogP contribution in [-0.4, -0.2) is 13.0 Å². The Morgan fingerprint density at radius 2 is 1.88 bits per heavy atom. The van der Waals surface area contributed by atoms with Gasteiger partial charge >= 0.3 is 51.4 Å². The van der Waals surface area contributed by atoms with Crippen molar-refractivity contribution >= 4 is 10.1 Å². The maximum Gasteiger partial charge on any atom is 1.00 e. The first kappa shape index (κ1) is 12.0. The van der Waals surface area contributed by atoms with Crippen LogP contribution in [0.25, 0.3) is 0 Å². The van der Waals surface area contributed by atoms with Crippen LogP contribution in [0.1, 0.15) is 6.92 Å². The van der Waals surface area contributed by atoms with Gasteiger partial charge in [0.25, 0.3) is 0 Å². The van der Waals surface area contributed by atoms with E-state index in [4.69, 9.17) is 0 Å². The topological polar surface area (TPSA) is 57.2 Å². The van der Waals surface area contributed by atoms with Crippen molar-refractivity contribution in [2.24, 2.45) is 0 Å². The third-order valence-electron chi connectivity index (χ3n) is 0.303. The molecule has 0 unspecified atom stereocenters. The molecule has 0 saturated heterocycles. The zero-order chi connectivity index (χ0) is 5.91. The van der Waals surface area contributed by atoms with Gasteiger partial charge in [0, 0.05) is 5.41 Å². The van der Waals surface area contributed by atoms with Crippen LogP contribution in [0.2, 0.25) is 0 Å². The molecular formula is C3H5KO3S. The first-order chi connectivity index (χ1) is 3.06. The second kappa shape index (κ2) is 5.10. The molecule has 0 spiro atoms. The van der Waals surface area contributed by atoms with E-state index in [1.54, 1.807) is 0 Å². The number of allylic oxidation sites excluding steroid dienone is 1. The van der Waals surface area contributed by atoms with Gasteiger partial charge in [-0.05, 0) is 6.92 Å². The Hall–Kier alpha value is 1.29. The molecule has 42 valence electrons. The predicted octanol–water partition coefficient (Wildman–Crippen LogP) is -2.93. The van der Waals surface area contributed by atoms with Crippen LogP contribution in [0.4, 0.5) is 0 Å². The summed E-state index contributed by atoms with van der Waals surface area (Å²) < 4.78 is 28.8. The van der Waals surface area contributed by atoms with E-state index < -0.39 is 10.1 Å². The van der Waals surface area contributed by atoms with Crippen molar-refractivity contribution in [3.63, 3.8) is 0 Å². The van der Waals surface area contributed by atoms with Gasteiger partial charge < -0.3 is 4.55 Å². The Labute approximate surface area is 91.3 Å². The minimum absolute atomic E-state index is 0. The van der Waals surface area contributed by atoms with Crippen LogP contribution >= 0.6 is 0 Å². The van der Waals surface area contributed by atoms with Gasteiger partial charge in [-0.1, -0.05) is 6.08 Å². The minimum atomic E-state index is -4.10. The van der Waals surface area contributed by atoms with Crippen molar-refractivity contribution in [1.29, 1.82) is 0 Å². The SMILES string of the molecule is C/C=C\S(=O)(=O)[O-].[K+]. The van der Waals surface area contributed by atoms with E-state index in [2.05, 4.69) is 0 Å². The van der Waals surface area contributed by atoms with Gasteiger partial charge in [0.1, 0.15) is 10.1 Å². The number of hydrogen-bond acceptors (Lipinski definition) is 3. The molecule has 0 heterocycles. The first-order valence-corrected chi connectivity index (χ1v) is 3.12. The maximum absolute atomic E-state index is 9.59. The monoisotopic (exact) mass is 160 g/mol. The minimum Gasteiger partial charge on any atom is -0.744 e. The fraction of sp³-hybridized carbons (Fsp3) is 0.333. The van der Waals surface area contributed by atoms with E-state index in [0.29, 0.717) is 5.41 Å². The molecular weight excluding hydrogens is 155 g/mol. The summed E-state index contributed by atoms with van der Waals surface area (Å²) >= 11 is 0. The molecule has 0 aliphatic rings. The molecule has 0 aliphatic heterocycles. The van der Waals surface area contributed by atoms with Crippen molar-refractivity contribution in [3.8, 4) is 0 Å². The molecule has 0 aromatic carbocycles. The Bertz CT molecular complexity index is 157. The van der Waals surface area contributed by atoms with Crippen molar-refractivity contribution < 1.29 is 64.4 Å². The summed E-state index contributed by atoms with van der Waals surface area (Å²) in [6.45, 7) is 1.47. The van der Waals surface area contributed by atoms with Crippen LogP contribution in [0, 0.1) is 0 Å². The molecule has 0 aromatic rings. The summed E-state index contributed by atoms with van der Waals surface area (Å²) in [5.74, 6) is 0. The van der Waals surface area contributed by atoms with E-state index in [-0.39, 0.29) is 51.4 Å². The van der Waals surface area contributed by atoms with Crippen LogP contribution in [0.5, 0.6) is 0 Å². The van der Waals surface area contributed by atoms with E-state index in [9.17, 15) is 13.0 Å². The average Bonchev–Trinajstić information content (AvgIpc) is 1.30. The fourth-order valence-electron chi connectivity index (χ4n) is 0.167. The van der Waals surface area contributed by atoms with Crippen LogP contribution in [0.15, 0.2) is 11.5 Å². The Morgan fingerprint density at radius 1 is 1.50 bits per heavy atom. The van der Waals surface area contributed by atoms with Crippen molar-refractivity contribution in [1.82, 2.24) is 0 Å². The summed E-state index contributed by atoms with van der Waals surface area (Å²) in [5, 5.41) is 0.604. The molecule has 0 fully saturated rings. The molecule has 0 radical (unpaired) electrons. The fourth-order valence-corrected chi connectivity index (χ4v) is 0.500. The molecule has 0 bridgehead atoms. The normalized spacial score (nSPS) is 11.2. The van der Waals surface area contributed by atoms with Crippen LogP contribution in [-0.2, 0) is 10.1 Å². The summed E-state index contributed by atoms with van der Waals surface area (Å²) in [7, 11) is -4.10. The third kappa shape index (κ3) is 10.3. The number of rotatable bonds is 1.